The largest absolute Gasteiger partial charge is 0.480 e. The highest BCUT2D eigenvalue weighted by molar-refractivity contribution is 6.00. The van der Waals surface area contributed by atoms with E-state index in [9.17, 15) is 14.4 Å². The van der Waals surface area contributed by atoms with E-state index in [-0.39, 0.29) is 30.1 Å². The second-order valence-corrected chi connectivity index (χ2v) is 8.00. The first-order valence-electron chi connectivity index (χ1n) is 10.9. The number of carboxylic acids is 1. The Morgan fingerprint density at radius 1 is 1.09 bits per heavy atom. The second-order valence-electron chi connectivity index (χ2n) is 8.00. The molecule has 1 unspecified atom stereocenters. The van der Waals surface area contributed by atoms with Gasteiger partial charge in [0.25, 0.3) is 5.91 Å². The third kappa shape index (κ3) is 4.47. The van der Waals surface area contributed by atoms with Crippen LogP contribution in [0.15, 0.2) is 53.2 Å². The van der Waals surface area contributed by atoms with Gasteiger partial charge in [-0.3, -0.25) is 14.9 Å². The van der Waals surface area contributed by atoms with Crippen molar-refractivity contribution in [2.24, 2.45) is 0 Å². The zero-order chi connectivity index (χ0) is 24.2. The summed E-state index contributed by atoms with van der Waals surface area (Å²) < 4.78 is 10.1. The van der Waals surface area contributed by atoms with Crippen molar-refractivity contribution in [1.29, 1.82) is 0 Å². The average molecular weight is 464 g/mol. The molecule has 10 nitrogen and oxygen atoms in total. The van der Waals surface area contributed by atoms with Gasteiger partial charge >= 0.3 is 12.1 Å². The smallest absolute Gasteiger partial charge is 0.412 e. The normalized spacial score (nSPS) is 13.0. The first-order valence-corrected chi connectivity index (χ1v) is 10.9. The lowest BCUT2D eigenvalue weighted by Gasteiger charge is -2.25. The molecule has 10 heteroatoms. The number of hydrogen-bond donors (Lipinski definition) is 2. The molecule has 34 heavy (non-hydrogen) atoms. The number of fused-ring (bicyclic) bond motifs is 3. The number of amides is 2. The third-order valence-corrected chi connectivity index (χ3v) is 5.94. The highest BCUT2D eigenvalue weighted by Crippen LogP contribution is 2.44. The predicted octanol–water partition coefficient (Wildman–Crippen LogP) is 3.76. The molecule has 2 amide bonds. The SMILES string of the molecule is CCC(C)N(CC(=O)O)C(=O)c1nonc1NC(=O)OCC1c2ccccc2-c2ccccc21. The molecule has 0 saturated carbocycles. The number of ether oxygens (including phenoxy) is 1. The van der Waals surface area contributed by atoms with Gasteiger partial charge < -0.3 is 14.7 Å². The predicted molar refractivity (Wildman–Crippen MR) is 121 cm³/mol. The van der Waals surface area contributed by atoms with E-state index in [1.807, 2.05) is 55.5 Å². The van der Waals surface area contributed by atoms with E-state index in [0.29, 0.717) is 6.42 Å². The van der Waals surface area contributed by atoms with Crippen LogP contribution in [0.2, 0.25) is 0 Å². The van der Waals surface area contributed by atoms with Crippen molar-refractivity contribution in [1.82, 2.24) is 15.2 Å². The Labute approximate surface area is 195 Å². The van der Waals surface area contributed by atoms with Crippen LogP contribution in [-0.4, -0.2) is 57.5 Å². The summed E-state index contributed by atoms with van der Waals surface area (Å²) in [6.45, 7) is 3.09. The van der Waals surface area contributed by atoms with E-state index in [4.69, 9.17) is 9.84 Å². The summed E-state index contributed by atoms with van der Waals surface area (Å²) in [7, 11) is 0. The first kappa shape index (κ1) is 23.0. The minimum absolute atomic E-state index is 0.0758. The number of rotatable bonds is 8. The Balaban J connectivity index is 1.46. The van der Waals surface area contributed by atoms with Crippen molar-refractivity contribution >= 4 is 23.8 Å². The number of nitrogens with one attached hydrogen (secondary N) is 1. The topological polar surface area (TPSA) is 135 Å². The standard InChI is InChI=1S/C24H24N4O6/c1-3-14(2)28(12-20(29)30)23(31)21-22(27-34-26-21)25-24(32)33-13-19-17-10-6-4-8-15(17)16-9-5-7-11-18(16)19/h4-11,14,19H,3,12-13H2,1-2H3,(H,29,30)(H,25,27,32). The molecule has 4 rings (SSSR count). The Kier molecular flexibility index (Phi) is 6.58. The number of anilines is 1. The number of benzene rings is 2. The Bertz CT molecular complexity index is 1180. The average Bonchev–Trinajstić information content (AvgIpc) is 3.42. The lowest BCUT2D eigenvalue weighted by atomic mass is 9.98. The molecule has 176 valence electrons. The number of aromatic nitrogens is 2. The van der Waals surface area contributed by atoms with Crippen molar-refractivity contribution in [3.05, 3.63) is 65.4 Å². The highest BCUT2D eigenvalue weighted by atomic mass is 16.6. The summed E-state index contributed by atoms with van der Waals surface area (Å²) in [5.41, 5.74) is 4.03. The summed E-state index contributed by atoms with van der Waals surface area (Å²) in [6, 6.07) is 15.5. The molecule has 1 heterocycles. The van der Waals surface area contributed by atoms with E-state index in [1.54, 1.807) is 6.92 Å². The van der Waals surface area contributed by atoms with Gasteiger partial charge in [0, 0.05) is 12.0 Å². The molecule has 1 atom stereocenters. The number of carbonyl (C=O) groups excluding carboxylic acids is 2. The molecule has 3 aromatic rings. The maximum atomic E-state index is 12.9. The zero-order valence-electron chi connectivity index (χ0n) is 18.7. The minimum Gasteiger partial charge on any atom is -0.480 e. The molecule has 1 aliphatic carbocycles. The van der Waals surface area contributed by atoms with Crippen LogP contribution in [0.25, 0.3) is 11.1 Å². The summed E-state index contributed by atoms with van der Waals surface area (Å²) in [5.74, 6) is -2.25. The van der Waals surface area contributed by atoms with E-state index in [2.05, 4.69) is 20.3 Å². The Morgan fingerprint density at radius 2 is 1.71 bits per heavy atom. The van der Waals surface area contributed by atoms with Crippen molar-refractivity contribution < 1.29 is 28.9 Å². The number of aliphatic carboxylic acids is 1. The molecule has 1 aromatic heterocycles. The molecular formula is C24H24N4O6. The highest BCUT2D eigenvalue weighted by Gasteiger charge is 2.31. The molecule has 1 aliphatic rings. The fourth-order valence-electron chi connectivity index (χ4n) is 4.07. The molecule has 2 aromatic carbocycles. The van der Waals surface area contributed by atoms with Gasteiger partial charge in [-0.25, -0.2) is 9.42 Å². The van der Waals surface area contributed by atoms with Gasteiger partial charge in [-0.15, -0.1) is 0 Å². The van der Waals surface area contributed by atoms with Crippen LogP contribution in [0.3, 0.4) is 0 Å². The monoisotopic (exact) mass is 464 g/mol. The fourth-order valence-corrected chi connectivity index (χ4v) is 4.07. The van der Waals surface area contributed by atoms with Gasteiger partial charge in [0.15, 0.2) is 0 Å². The molecule has 0 aliphatic heterocycles. The lowest BCUT2D eigenvalue weighted by Crippen LogP contribution is -2.42. The van der Waals surface area contributed by atoms with Gasteiger partial charge in [0.05, 0.1) is 0 Å². The number of hydrogen-bond acceptors (Lipinski definition) is 7. The third-order valence-electron chi connectivity index (χ3n) is 5.94. The van der Waals surface area contributed by atoms with Crippen LogP contribution in [-0.2, 0) is 9.53 Å². The summed E-state index contributed by atoms with van der Waals surface area (Å²) in [5, 5.41) is 18.7. The number of carboxylic acid groups (broad SMARTS) is 1. The van der Waals surface area contributed by atoms with Crippen LogP contribution in [0.1, 0.15) is 47.8 Å². The number of carbonyl (C=O) groups is 3. The van der Waals surface area contributed by atoms with Crippen LogP contribution >= 0.6 is 0 Å². The first-order chi connectivity index (χ1) is 16.4. The van der Waals surface area contributed by atoms with Gasteiger partial charge in [-0.1, -0.05) is 55.5 Å². The zero-order valence-corrected chi connectivity index (χ0v) is 18.7. The molecule has 0 bridgehead atoms. The van der Waals surface area contributed by atoms with Crippen molar-refractivity contribution in [2.45, 2.75) is 32.2 Å². The lowest BCUT2D eigenvalue weighted by molar-refractivity contribution is -0.138. The van der Waals surface area contributed by atoms with Crippen LogP contribution in [0.4, 0.5) is 10.6 Å². The maximum Gasteiger partial charge on any atom is 0.412 e. The fraction of sp³-hybridized carbons (Fsp3) is 0.292. The van der Waals surface area contributed by atoms with Crippen LogP contribution in [0, 0.1) is 0 Å². The van der Waals surface area contributed by atoms with Gasteiger partial charge in [0.2, 0.25) is 11.5 Å². The summed E-state index contributed by atoms with van der Waals surface area (Å²) >= 11 is 0. The Morgan fingerprint density at radius 3 is 2.29 bits per heavy atom. The molecule has 0 spiro atoms. The second kappa shape index (κ2) is 9.74. The van der Waals surface area contributed by atoms with Gasteiger partial charge in [0.1, 0.15) is 13.2 Å². The maximum absolute atomic E-state index is 12.9. The van der Waals surface area contributed by atoms with Crippen molar-refractivity contribution in [3.8, 4) is 11.1 Å². The summed E-state index contributed by atoms with van der Waals surface area (Å²) in [6.07, 6.45) is -0.306. The summed E-state index contributed by atoms with van der Waals surface area (Å²) in [4.78, 5) is 37.8. The molecule has 2 N–H and O–H groups in total. The minimum atomic E-state index is -1.17. The van der Waals surface area contributed by atoms with E-state index < -0.39 is 24.5 Å². The molecule has 0 radical (unpaired) electrons. The van der Waals surface area contributed by atoms with Crippen LogP contribution in [0.5, 0.6) is 0 Å². The van der Waals surface area contributed by atoms with Crippen molar-refractivity contribution in [2.75, 3.05) is 18.5 Å². The Hall–Kier alpha value is -4.21. The van der Waals surface area contributed by atoms with Crippen molar-refractivity contribution in [3.63, 3.8) is 0 Å². The number of nitrogens with zero attached hydrogens (tertiary/aromatic N) is 3. The molecule has 0 saturated heterocycles. The van der Waals surface area contributed by atoms with Gasteiger partial charge in [-0.2, -0.15) is 0 Å². The van der Waals surface area contributed by atoms with Crippen LogP contribution < -0.4 is 5.32 Å². The van der Waals surface area contributed by atoms with E-state index >= 15 is 0 Å². The quantitative estimate of drug-likeness (QED) is 0.515. The molecule has 0 fully saturated rings. The van der Waals surface area contributed by atoms with E-state index in [1.165, 1.54) is 0 Å². The molecular weight excluding hydrogens is 440 g/mol. The van der Waals surface area contributed by atoms with Gasteiger partial charge in [-0.05, 0) is 45.9 Å². The van der Waals surface area contributed by atoms with E-state index in [0.717, 1.165) is 27.2 Å².